The summed E-state index contributed by atoms with van der Waals surface area (Å²) in [6.45, 7) is 4.53. The van der Waals surface area contributed by atoms with E-state index in [0.29, 0.717) is 25.1 Å². The summed E-state index contributed by atoms with van der Waals surface area (Å²) >= 11 is 0. The summed E-state index contributed by atoms with van der Waals surface area (Å²) in [6.07, 6.45) is 0.701. The first-order valence-corrected chi connectivity index (χ1v) is 10.6. The number of amides is 1. The Kier molecular flexibility index (Phi) is 4.65. The van der Waals surface area contributed by atoms with Crippen LogP contribution in [0.5, 0.6) is 0 Å². The van der Waals surface area contributed by atoms with Crippen molar-refractivity contribution < 1.29 is 13.2 Å². The molecule has 2 aliphatic rings. The predicted molar refractivity (Wildman–Crippen MR) is 104 cm³/mol. The number of carbonyl (C=O) groups excluding carboxylic acids is 1. The Labute approximate surface area is 159 Å². The van der Waals surface area contributed by atoms with E-state index in [1.54, 1.807) is 23.1 Å². The van der Waals surface area contributed by atoms with E-state index in [2.05, 4.69) is 5.32 Å². The Morgan fingerprint density at radius 2 is 1.93 bits per heavy atom. The molecule has 0 unspecified atom stereocenters. The van der Waals surface area contributed by atoms with Gasteiger partial charge in [-0.25, -0.2) is 8.42 Å². The fraction of sp³-hybridized carbons (Fsp3) is 0.350. The maximum Gasteiger partial charge on any atom is 0.264 e. The molecule has 2 aromatic rings. The minimum atomic E-state index is -3.70. The average molecular weight is 385 g/mol. The largest absolute Gasteiger partial charge is 0.333 e. The summed E-state index contributed by atoms with van der Waals surface area (Å²) in [7, 11) is -3.70. The van der Waals surface area contributed by atoms with Gasteiger partial charge in [-0.1, -0.05) is 24.3 Å². The van der Waals surface area contributed by atoms with Gasteiger partial charge in [0.15, 0.2) is 0 Å². The van der Waals surface area contributed by atoms with E-state index in [0.717, 1.165) is 24.3 Å². The third-order valence-electron chi connectivity index (χ3n) is 5.28. The van der Waals surface area contributed by atoms with Crippen LogP contribution in [-0.2, 0) is 16.4 Å². The highest BCUT2D eigenvalue weighted by Crippen LogP contribution is 2.32. The number of hydrogen-bond donors (Lipinski definition) is 1. The number of nitrogens with one attached hydrogen (secondary N) is 1. The number of carbonyl (C=O) groups is 1. The van der Waals surface area contributed by atoms with E-state index in [-0.39, 0.29) is 16.8 Å². The van der Waals surface area contributed by atoms with Gasteiger partial charge in [0.05, 0.1) is 10.6 Å². The molecule has 1 fully saturated rings. The first kappa shape index (κ1) is 18.0. The summed E-state index contributed by atoms with van der Waals surface area (Å²) in [6, 6.07) is 14.0. The zero-order valence-corrected chi connectivity index (χ0v) is 16.1. The number of hydrogen-bond acceptors (Lipinski definition) is 4. The minimum absolute atomic E-state index is 0.0805. The lowest BCUT2D eigenvalue weighted by molar-refractivity contribution is 0.0655. The molecule has 2 aromatic carbocycles. The molecular weight excluding hydrogens is 362 g/mol. The molecule has 0 aliphatic carbocycles. The maximum atomic E-state index is 13.2. The molecule has 142 valence electrons. The zero-order valence-electron chi connectivity index (χ0n) is 15.3. The molecule has 2 heterocycles. The van der Waals surface area contributed by atoms with Gasteiger partial charge in [0, 0.05) is 37.8 Å². The molecule has 0 spiro atoms. The van der Waals surface area contributed by atoms with Gasteiger partial charge in [-0.3, -0.25) is 9.10 Å². The van der Waals surface area contributed by atoms with Gasteiger partial charge in [-0.2, -0.15) is 0 Å². The first-order valence-electron chi connectivity index (χ1n) is 9.21. The highest BCUT2D eigenvalue weighted by molar-refractivity contribution is 7.92. The van der Waals surface area contributed by atoms with Crippen LogP contribution >= 0.6 is 0 Å². The standard InChI is InChI=1S/C20H23N3O3S/c1-15-14-21-10-12-22(15)20(24)17-6-4-7-18(13-17)27(25,26)23-11-9-16-5-2-3-8-19(16)23/h2-8,13,15,21H,9-12,14H2,1H3/t15-/m1/s1. The van der Waals surface area contributed by atoms with Gasteiger partial charge in [-0.15, -0.1) is 0 Å². The van der Waals surface area contributed by atoms with Crippen LogP contribution in [0, 0.1) is 0 Å². The van der Waals surface area contributed by atoms with Crippen molar-refractivity contribution >= 4 is 21.6 Å². The van der Waals surface area contributed by atoms with Gasteiger partial charge in [0.2, 0.25) is 0 Å². The van der Waals surface area contributed by atoms with Gasteiger partial charge in [0.1, 0.15) is 0 Å². The Balaban J connectivity index is 1.65. The third kappa shape index (κ3) is 3.21. The van der Waals surface area contributed by atoms with Crippen molar-refractivity contribution in [1.82, 2.24) is 10.2 Å². The van der Waals surface area contributed by atoms with E-state index >= 15 is 0 Å². The molecule has 0 aromatic heterocycles. The number of para-hydroxylation sites is 1. The van der Waals surface area contributed by atoms with Crippen molar-refractivity contribution in [3.05, 3.63) is 59.7 Å². The monoisotopic (exact) mass is 385 g/mol. The van der Waals surface area contributed by atoms with Gasteiger partial charge in [-0.05, 0) is 43.2 Å². The minimum Gasteiger partial charge on any atom is -0.333 e. The molecule has 1 saturated heterocycles. The lowest BCUT2D eigenvalue weighted by atomic mass is 10.1. The second-order valence-corrected chi connectivity index (χ2v) is 8.90. The normalized spacial score (nSPS) is 19.8. The molecule has 1 atom stereocenters. The number of nitrogens with zero attached hydrogens (tertiary/aromatic N) is 2. The SMILES string of the molecule is C[C@@H]1CNCCN1C(=O)c1cccc(S(=O)(=O)N2CCc3ccccc32)c1. The second-order valence-electron chi connectivity index (χ2n) is 7.04. The molecule has 4 rings (SSSR count). The van der Waals surface area contributed by atoms with E-state index in [9.17, 15) is 13.2 Å². The molecule has 0 radical (unpaired) electrons. The summed E-state index contributed by atoms with van der Waals surface area (Å²) in [5, 5.41) is 3.26. The van der Waals surface area contributed by atoms with Gasteiger partial charge < -0.3 is 10.2 Å². The van der Waals surface area contributed by atoms with Crippen LogP contribution in [0.15, 0.2) is 53.4 Å². The molecule has 27 heavy (non-hydrogen) atoms. The van der Waals surface area contributed by atoms with Crippen molar-refractivity contribution in [2.45, 2.75) is 24.3 Å². The zero-order chi connectivity index (χ0) is 19.0. The van der Waals surface area contributed by atoms with Crippen molar-refractivity contribution in [1.29, 1.82) is 0 Å². The first-order chi connectivity index (χ1) is 13.0. The quantitative estimate of drug-likeness (QED) is 0.876. The van der Waals surface area contributed by atoms with Crippen LogP contribution in [-0.4, -0.2) is 51.4 Å². The van der Waals surface area contributed by atoms with Crippen LogP contribution < -0.4 is 9.62 Å². The molecule has 0 bridgehead atoms. The molecule has 7 heteroatoms. The summed E-state index contributed by atoms with van der Waals surface area (Å²) in [4.78, 5) is 14.9. The van der Waals surface area contributed by atoms with Crippen LogP contribution in [0.3, 0.4) is 0 Å². The lowest BCUT2D eigenvalue weighted by Gasteiger charge is -2.34. The summed E-state index contributed by atoms with van der Waals surface area (Å²) < 4.78 is 27.9. The molecule has 6 nitrogen and oxygen atoms in total. The van der Waals surface area contributed by atoms with E-state index in [1.165, 1.54) is 10.4 Å². The van der Waals surface area contributed by atoms with Crippen molar-refractivity contribution in [3.8, 4) is 0 Å². The van der Waals surface area contributed by atoms with Crippen molar-refractivity contribution in [3.63, 3.8) is 0 Å². The number of anilines is 1. The fourth-order valence-corrected chi connectivity index (χ4v) is 5.33. The second kappa shape index (κ2) is 6.98. The van der Waals surface area contributed by atoms with Crippen LogP contribution in [0.4, 0.5) is 5.69 Å². The van der Waals surface area contributed by atoms with E-state index in [4.69, 9.17) is 0 Å². The molecule has 1 amide bonds. The Morgan fingerprint density at radius 3 is 2.74 bits per heavy atom. The highest BCUT2D eigenvalue weighted by atomic mass is 32.2. The molecule has 2 aliphatic heterocycles. The predicted octanol–water partition coefficient (Wildman–Crippen LogP) is 1.87. The average Bonchev–Trinajstić information content (AvgIpc) is 3.13. The van der Waals surface area contributed by atoms with Crippen LogP contribution in [0.2, 0.25) is 0 Å². The molecular formula is C20H23N3O3S. The van der Waals surface area contributed by atoms with E-state index < -0.39 is 10.0 Å². The summed E-state index contributed by atoms with van der Waals surface area (Å²) in [5.74, 6) is -0.122. The lowest BCUT2D eigenvalue weighted by Crippen LogP contribution is -2.52. The number of rotatable bonds is 3. The Bertz CT molecular complexity index is 974. The number of benzene rings is 2. The van der Waals surface area contributed by atoms with Crippen LogP contribution in [0.25, 0.3) is 0 Å². The third-order valence-corrected chi connectivity index (χ3v) is 7.08. The summed E-state index contributed by atoms with van der Waals surface area (Å²) in [5.41, 5.74) is 2.17. The number of piperazine rings is 1. The Hall–Kier alpha value is -2.38. The number of sulfonamides is 1. The van der Waals surface area contributed by atoms with E-state index in [1.807, 2.05) is 31.2 Å². The van der Waals surface area contributed by atoms with Gasteiger partial charge in [0.25, 0.3) is 15.9 Å². The van der Waals surface area contributed by atoms with Crippen molar-refractivity contribution in [2.24, 2.45) is 0 Å². The van der Waals surface area contributed by atoms with Crippen molar-refractivity contribution in [2.75, 3.05) is 30.5 Å². The smallest absolute Gasteiger partial charge is 0.264 e. The topological polar surface area (TPSA) is 69.7 Å². The molecule has 1 N–H and O–H groups in total. The van der Waals surface area contributed by atoms with Crippen LogP contribution in [0.1, 0.15) is 22.8 Å². The fourth-order valence-electron chi connectivity index (χ4n) is 3.78. The number of fused-ring (bicyclic) bond motifs is 1. The maximum absolute atomic E-state index is 13.2. The highest BCUT2D eigenvalue weighted by Gasteiger charge is 2.31. The Morgan fingerprint density at radius 1 is 1.11 bits per heavy atom. The van der Waals surface area contributed by atoms with Gasteiger partial charge >= 0.3 is 0 Å². The molecule has 0 saturated carbocycles.